The topological polar surface area (TPSA) is 60.9 Å². The first-order valence-corrected chi connectivity index (χ1v) is 10.5. The summed E-state index contributed by atoms with van der Waals surface area (Å²) in [6, 6.07) is 5.80. The third-order valence-electron chi connectivity index (χ3n) is 6.13. The van der Waals surface area contributed by atoms with Gasteiger partial charge in [0.2, 0.25) is 11.8 Å². The Labute approximate surface area is 173 Å². The van der Waals surface area contributed by atoms with Crippen LogP contribution in [0.4, 0.5) is 0 Å². The van der Waals surface area contributed by atoms with E-state index in [1.54, 1.807) is 0 Å². The lowest BCUT2D eigenvalue weighted by molar-refractivity contribution is -0.135. The molecule has 0 aromatic heterocycles. The molecule has 2 aliphatic heterocycles. The Morgan fingerprint density at radius 1 is 0.966 bits per heavy atom. The molecule has 6 nitrogen and oxygen atoms in total. The summed E-state index contributed by atoms with van der Waals surface area (Å²) in [4.78, 5) is 43.8. The fraction of sp³-hybridized carbons (Fsp3) is 0.609. The van der Waals surface area contributed by atoms with Gasteiger partial charge in [-0.25, -0.2) is 0 Å². The van der Waals surface area contributed by atoms with Crippen LogP contribution in [0.3, 0.4) is 0 Å². The highest BCUT2D eigenvalue weighted by molar-refractivity contribution is 5.94. The van der Waals surface area contributed by atoms with Crippen molar-refractivity contribution in [2.24, 2.45) is 5.92 Å². The summed E-state index contributed by atoms with van der Waals surface area (Å²) in [5.41, 5.74) is 2.72. The molecule has 3 amide bonds. The number of benzene rings is 1. The molecule has 6 heteroatoms. The molecule has 2 fully saturated rings. The summed E-state index contributed by atoms with van der Waals surface area (Å²) < 4.78 is 0. The van der Waals surface area contributed by atoms with Crippen LogP contribution in [-0.2, 0) is 9.59 Å². The molecule has 0 saturated carbocycles. The first-order valence-electron chi connectivity index (χ1n) is 10.5. The van der Waals surface area contributed by atoms with Gasteiger partial charge in [0, 0.05) is 50.2 Å². The van der Waals surface area contributed by atoms with E-state index in [1.165, 1.54) is 5.56 Å². The fourth-order valence-electron chi connectivity index (χ4n) is 4.18. The Balaban J connectivity index is 1.62. The van der Waals surface area contributed by atoms with Gasteiger partial charge < -0.3 is 14.7 Å². The molecule has 2 heterocycles. The predicted molar refractivity (Wildman–Crippen MR) is 113 cm³/mol. The molecule has 0 aliphatic carbocycles. The Morgan fingerprint density at radius 3 is 2.24 bits per heavy atom. The molecule has 3 rings (SSSR count). The second kappa shape index (κ2) is 8.17. The van der Waals surface area contributed by atoms with E-state index in [2.05, 4.69) is 0 Å². The average Bonchev–Trinajstić information content (AvgIpc) is 2.90. The minimum atomic E-state index is -0.274. The molecular formula is C23H33N3O3. The number of carbonyl (C=O) groups excluding carboxylic acids is 3. The summed E-state index contributed by atoms with van der Waals surface area (Å²) in [6.45, 7) is 12.9. The van der Waals surface area contributed by atoms with Crippen molar-refractivity contribution in [2.45, 2.75) is 53.0 Å². The van der Waals surface area contributed by atoms with E-state index >= 15 is 0 Å². The average molecular weight is 400 g/mol. The van der Waals surface area contributed by atoms with Crippen molar-refractivity contribution < 1.29 is 14.4 Å². The highest BCUT2D eigenvalue weighted by Crippen LogP contribution is 2.27. The SMILES string of the molecule is Cc1ccc(C(=O)N2CCCN(C(=O)C3CC(=O)N(C(C)(C)C)C3)CC2)cc1C. The monoisotopic (exact) mass is 399 g/mol. The summed E-state index contributed by atoms with van der Waals surface area (Å²) in [5.74, 6) is -0.149. The van der Waals surface area contributed by atoms with Crippen molar-refractivity contribution in [2.75, 3.05) is 32.7 Å². The minimum Gasteiger partial charge on any atom is -0.341 e. The molecule has 0 spiro atoms. The van der Waals surface area contributed by atoms with Gasteiger partial charge in [-0.05, 0) is 64.3 Å². The second-order valence-electron chi connectivity index (χ2n) is 9.35. The van der Waals surface area contributed by atoms with Gasteiger partial charge in [-0.15, -0.1) is 0 Å². The zero-order chi connectivity index (χ0) is 21.3. The number of carbonyl (C=O) groups is 3. The Morgan fingerprint density at radius 2 is 1.62 bits per heavy atom. The maximum absolute atomic E-state index is 13.0. The summed E-state index contributed by atoms with van der Waals surface area (Å²) in [6.07, 6.45) is 1.05. The summed E-state index contributed by atoms with van der Waals surface area (Å²) in [7, 11) is 0. The Kier molecular flexibility index (Phi) is 6.01. The number of hydrogen-bond donors (Lipinski definition) is 0. The number of rotatable bonds is 2. The smallest absolute Gasteiger partial charge is 0.253 e. The number of nitrogens with zero attached hydrogens (tertiary/aromatic N) is 3. The maximum Gasteiger partial charge on any atom is 0.253 e. The maximum atomic E-state index is 13.0. The van der Waals surface area contributed by atoms with Crippen molar-refractivity contribution >= 4 is 17.7 Å². The van der Waals surface area contributed by atoms with Gasteiger partial charge in [-0.2, -0.15) is 0 Å². The first kappa shape index (κ1) is 21.3. The molecule has 158 valence electrons. The number of likely N-dealkylation sites (tertiary alicyclic amines) is 1. The van der Waals surface area contributed by atoms with Crippen molar-refractivity contribution in [3.05, 3.63) is 34.9 Å². The highest BCUT2D eigenvalue weighted by Gasteiger charge is 2.41. The van der Waals surface area contributed by atoms with E-state index < -0.39 is 0 Å². The van der Waals surface area contributed by atoms with Gasteiger partial charge in [0.15, 0.2) is 0 Å². The zero-order valence-electron chi connectivity index (χ0n) is 18.3. The second-order valence-corrected chi connectivity index (χ2v) is 9.35. The standard InChI is InChI=1S/C23H33N3O3/c1-16-7-8-18(13-17(16)2)21(28)24-9-6-10-25(12-11-24)22(29)19-14-20(27)26(15-19)23(3,4)5/h7-8,13,19H,6,9-12,14-15H2,1-5H3. The van der Waals surface area contributed by atoms with Crippen molar-refractivity contribution in [3.63, 3.8) is 0 Å². The lowest BCUT2D eigenvalue weighted by Crippen LogP contribution is -2.44. The molecule has 0 bridgehead atoms. The Bertz CT molecular complexity index is 812. The first-order chi connectivity index (χ1) is 13.6. The molecule has 1 atom stereocenters. The third kappa shape index (κ3) is 4.62. The largest absolute Gasteiger partial charge is 0.341 e. The number of hydrogen-bond acceptors (Lipinski definition) is 3. The van der Waals surface area contributed by atoms with Crippen molar-refractivity contribution in [1.82, 2.24) is 14.7 Å². The molecule has 1 unspecified atom stereocenters. The van der Waals surface area contributed by atoms with Crippen LogP contribution in [0.15, 0.2) is 18.2 Å². The normalized spacial score (nSPS) is 20.8. The zero-order valence-corrected chi connectivity index (χ0v) is 18.3. The van der Waals surface area contributed by atoms with Gasteiger partial charge in [0.05, 0.1) is 5.92 Å². The van der Waals surface area contributed by atoms with Gasteiger partial charge in [-0.1, -0.05) is 6.07 Å². The lowest BCUT2D eigenvalue weighted by Gasteiger charge is -2.32. The lowest BCUT2D eigenvalue weighted by atomic mass is 10.1. The molecule has 29 heavy (non-hydrogen) atoms. The van der Waals surface area contributed by atoms with Crippen LogP contribution >= 0.6 is 0 Å². The molecule has 2 aliphatic rings. The predicted octanol–water partition coefficient (Wildman–Crippen LogP) is 2.62. The van der Waals surface area contributed by atoms with E-state index in [4.69, 9.17) is 0 Å². The van der Waals surface area contributed by atoms with Crippen molar-refractivity contribution in [3.8, 4) is 0 Å². The van der Waals surface area contributed by atoms with Crippen LogP contribution in [0.1, 0.15) is 55.1 Å². The van der Waals surface area contributed by atoms with Crippen LogP contribution in [0.25, 0.3) is 0 Å². The van der Waals surface area contributed by atoms with Crippen LogP contribution < -0.4 is 0 Å². The number of amides is 3. The summed E-state index contributed by atoms with van der Waals surface area (Å²) >= 11 is 0. The molecule has 0 radical (unpaired) electrons. The third-order valence-corrected chi connectivity index (χ3v) is 6.13. The molecule has 1 aromatic rings. The van der Waals surface area contributed by atoms with Gasteiger partial charge in [0.1, 0.15) is 0 Å². The molecule has 0 N–H and O–H groups in total. The van der Waals surface area contributed by atoms with Crippen LogP contribution in [-0.4, -0.2) is 70.7 Å². The van der Waals surface area contributed by atoms with E-state index in [-0.39, 0.29) is 35.6 Å². The minimum absolute atomic E-state index is 0.0253. The molecule has 2 saturated heterocycles. The van der Waals surface area contributed by atoms with E-state index in [0.717, 1.165) is 12.0 Å². The van der Waals surface area contributed by atoms with Crippen LogP contribution in [0.5, 0.6) is 0 Å². The van der Waals surface area contributed by atoms with Gasteiger partial charge in [0.25, 0.3) is 5.91 Å². The highest BCUT2D eigenvalue weighted by atomic mass is 16.2. The van der Waals surface area contributed by atoms with E-state index in [1.807, 2.05) is 67.5 Å². The number of aryl methyl sites for hydroxylation is 2. The van der Waals surface area contributed by atoms with Crippen molar-refractivity contribution in [1.29, 1.82) is 0 Å². The van der Waals surface area contributed by atoms with E-state index in [0.29, 0.717) is 38.3 Å². The van der Waals surface area contributed by atoms with Gasteiger partial charge >= 0.3 is 0 Å². The van der Waals surface area contributed by atoms with Crippen LogP contribution in [0.2, 0.25) is 0 Å². The summed E-state index contributed by atoms with van der Waals surface area (Å²) in [5, 5.41) is 0. The molecular weight excluding hydrogens is 366 g/mol. The quantitative estimate of drug-likeness (QED) is 0.768. The van der Waals surface area contributed by atoms with Crippen LogP contribution in [0, 0.1) is 19.8 Å². The Hall–Kier alpha value is -2.37. The van der Waals surface area contributed by atoms with E-state index in [9.17, 15) is 14.4 Å². The fourth-order valence-corrected chi connectivity index (χ4v) is 4.18. The van der Waals surface area contributed by atoms with Gasteiger partial charge in [-0.3, -0.25) is 14.4 Å². The molecule has 1 aromatic carbocycles.